The Morgan fingerprint density at radius 2 is 2.25 bits per heavy atom. The quantitative estimate of drug-likeness (QED) is 0.714. The maximum atomic E-state index is 5.84. The van der Waals surface area contributed by atoms with Crippen LogP contribution in [-0.4, -0.2) is 20.5 Å². The largest absolute Gasteiger partial charge is 0.326 e. The molecule has 2 N–H and O–H groups in total. The maximum absolute atomic E-state index is 5.84. The molecule has 1 aromatic rings. The van der Waals surface area contributed by atoms with Gasteiger partial charge in [-0.2, -0.15) is 0 Å². The molecule has 1 aromatic heterocycles. The van der Waals surface area contributed by atoms with Gasteiger partial charge in [0.2, 0.25) is 0 Å². The second kappa shape index (κ2) is 3.23. The monoisotopic (exact) mass is 168 g/mol. The lowest BCUT2D eigenvalue weighted by molar-refractivity contribution is 0.474. The summed E-state index contributed by atoms with van der Waals surface area (Å²) < 4.78 is 1.71. The van der Waals surface area contributed by atoms with E-state index >= 15 is 0 Å². The van der Waals surface area contributed by atoms with E-state index in [1.807, 2.05) is 27.1 Å². The Balaban J connectivity index is 2.44. The highest BCUT2D eigenvalue weighted by Crippen LogP contribution is 2.07. The van der Waals surface area contributed by atoms with Crippen LogP contribution in [0.5, 0.6) is 0 Å². The van der Waals surface area contributed by atoms with Crippen LogP contribution in [0.2, 0.25) is 0 Å². The zero-order chi connectivity index (χ0) is 9.19. The van der Waals surface area contributed by atoms with Crippen molar-refractivity contribution in [2.45, 2.75) is 32.2 Å². The Hall–Kier alpha value is -0.900. The van der Waals surface area contributed by atoms with Crippen LogP contribution >= 0.6 is 0 Å². The fourth-order valence-electron chi connectivity index (χ4n) is 0.960. The molecule has 0 saturated carbocycles. The van der Waals surface area contributed by atoms with Crippen LogP contribution in [-0.2, 0) is 13.5 Å². The van der Waals surface area contributed by atoms with Gasteiger partial charge >= 0.3 is 0 Å². The Morgan fingerprint density at radius 3 is 2.67 bits per heavy atom. The number of aromatic nitrogens is 3. The molecule has 0 unspecified atom stereocenters. The second-order valence-electron chi connectivity index (χ2n) is 3.87. The van der Waals surface area contributed by atoms with Gasteiger partial charge in [-0.1, -0.05) is 5.21 Å². The molecule has 0 aliphatic heterocycles. The number of aryl methyl sites for hydroxylation is 2. The van der Waals surface area contributed by atoms with Crippen molar-refractivity contribution in [1.29, 1.82) is 0 Å². The van der Waals surface area contributed by atoms with Crippen LogP contribution in [0.1, 0.15) is 26.0 Å². The molecule has 0 atom stereocenters. The van der Waals surface area contributed by atoms with Crippen molar-refractivity contribution in [1.82, 2.24) is 15.0 Å². The lowest BCUT2D eigenvalue weighted by Gasteiger charge is -2.16. The third-order valence-electron chi connectivity index (χ3n) is 1.68. The first-order chi connectivity index (χ1) is 5.47. The van der Waals surface area contributed by atoms with Crippen LogP contribution in [0.25, 0.3) is 0 Å². The normalized spacial score (nSPS) is 12.0. The SMILES string of the molecule is Cn1cc(CCC(C)(C)N)nn1. The minimum Gasteiger partial charge on any atom is -0.326 e. The first-order valence-corrected chi connectivity index (χ1v) is 4.11. The van der Waals surface area contributed by atoms with E-state index < -0.39 is 0 Å². The Morgan fingerprint density at radius 1 is 1.58 bits per heavy atom. The molecular weight excluding hydrogens is 152 g/mol. The number of nitrogens with zero attached hydrogens (tertiary/aromatic N) is 3. The standard InChI is InChI=1S/C8H16N4/c1-8(2,9)5-4-7-6-12(3)11-10-7/h6H,4-5,9H2,1-3H3. The van der Waals surface area contributed by atoms with Crippen molar-refractivity contribution in [2.24, 2.45) is 12.8 Å². The predicted molar refractivity (Wildman–Crippen MR) is 47.6 cm³/mol. The van der Waals surface area contributed by atoms with Gasteiger partial charge in [0.1, 0.15) is 0 Å². The third-order valence-corrected chi connectivity index (χ3v) is 1.68. The van der Waals surface area contributed by atoms with E-state index in [1.165, 1.54) is 0 Å². The molecular formula is C8H16N4. The number of hydrogen-bond donors (Lipinski definition) is 1. The van der Waals surface area contributed by atoms with Gasteiger partial charge < -0.3 is 5.73 Å². The van der Waals surface area contributed by atoms with Crippen molar-refractivity contribution in [3.8, 4) is 0 Å². The Kier molecular flexibility index (Phi) is 2.47. The molecule has 4 heteroatoms. The lowest BCUT2D eigenvalue weighted by Crippen LogP contribution is -2.32. The molecule has 1 rings (SSSR count). The van der Waals surface area contributed by atoms with Crippen molar-refractivity contribution in [3.63, 3.8) is 0 Å². The minimum atomic E-state index is -0.114. The summed E-state index contributed by atoms with van der Waals surface area (Å²) in [4.78, 5) is 0. The second-order valence-corrected chi connectivity index (χ2v) is 3.87. The van der Waals surface area contributed by atoms with Gasteiger partial charge in [0, 0.05) is 18.8 Å². The van der Waals surface area contributed by atoms with E-state index in [4.69, 9.17) is 5.73 Å². The van der Waals surface area contributed by atoms with Gasteiger partial charge in [0.15, 0.2) is 0 Å². The number of hydrogen-bond acceptors (Lipinski definition) is 3. The van der Waals surface area contributed by atoms with Gasteiger partial charge in [0.25, 0.3) is 0 Å². The summed E-state index contributed by atoms with van der Waals surface area (Å²) in [5.41, 5.74) is 6.73. The molecule has 0 saturated heterocycles. The molecule has 0 aliphatic rings. The Labute approximate surface area is 72.8 Å². The summed E-state index contributed by atoms with van der Waals surface area (Å²) in [5.74, 6) is 0. The highest BCUT2D eigenvalue weighted by molar-refractivity contribution is 4.93. The molecule has 0 fully saturated rings. The molecule has 0 spiro atoms. The molecule has 4 nitrogen and oxygen atoms in total. The molecule has 0 bridgehead atoms. The lowest BCUT2D eigenvalue weighted by atomic mass is 9.99. The molecule has 0 aliphatic carbocycles. The van der Waals surface area contributed by atoms with Crippen LogP contribution in [0.3, 0.4) is 0 Å². The van der Waals surface area contributed by atoms with Crippen LogP contribution < -0.4 is 5.73 Å². The van der Waals surface area contributed by atoms with Gasteiger partial charge in [-0.3, -0.25) is 4.68 Å². The first kappa shape index (κ1) is 9.19. The molecule has 0 amide bonds. The zero-order valence-corrected chi connectivity index (χ0v) is 7.91. The highest BCUT2D eigenvalue weighted by atomic mass is 15.4. The van der Waals surface area contributed by atoms with E-state index in [0.717, 1.165) is 18.5 Å². The van der Waals surface area contributed by atoms with E-state index in [0.29, 0.717) is 0 Å². The summed E-state index contributed by atoms with van der Waals surface area (Å²) in [6.07, 6.45) is 3.76. The van der Waals surface area contributed by atoms with Crippen molar-refractivity contribution in [2.75, 3.05) is 0 Å². The van der Waals surface area contributed by atoms with Crippen LogP contribution in [0.4, 0.5) is 0 Å². The fourth-order valence-corrected chi connectivity index (χ4v) is 0.960. The number of nitrogens with two attached hydrogens (primary N) is 1. The summed E-state index contributed by atoms with van der Waals surface area (Å²) in [6, 6.07) is 0. The fraction of sp³-hybridized carbons (Fsp3) is 0.750. The first-order valence-electron chi connectivity index (χ1n) is 4.11. The minimum absolute atomic E-state index is 0.114. The van der Waals surface area contributed by atoms with E-state index in [2.05, 4.69) is 10.3 Å². The Bertz CT molecular complexity index is 246. The summed E-state index contributed by atoms with van der Waals surface area (Å²) in [5, 5.41) is 7.82. The van der Waals surface area contributed by atoms with E-state index in [-0.39, 0.29) is 5.54 Å². The summed E-state index contributed by atoms with van der Waals surface area (Å²) in [6.45, 7) is 4.03. The van der Waals surface area contributed by atoms with Crippen LogP contribution in [0.15, 0.2) is 6.20 Å². The molecule has 0 aromatic carbocycles. The number of rotatable bonds is 3. The maximum Gasteiger partial charge on any atom is 0.0827 e. The summed E-state index contributed by atoms with van der Waals surface area (Å²) in [7, 11) is 1.87. The van der Waals surface area contributed by atoms with E-state index in [1.54, 1.807) is 4.68 Å². The van der Waals surface area contributed by atoms with Gasteiger partial charge in [-0.15, -0.1) is 5.10 Å². The molecule has 12 heavy (non-hydrogen) atoms. The van der Waals surface area contributed by atoms with Crippen molar-refractivity contribution >= 4 is 0 Å². The van der Waals surface area contributed by atoms with Gasteiger partial charge in [-0.05, 0) is 26.7 Å². The average molecular weight is 168 g/mol. The van der Waals surface area contributed by atoms with Gasteiger partial charge in [-0.25, -0.2) is 0 Å². The molecule has 1 heterocycles. The van der Waals surface area contributed by atoms with Crippen molar-refractivity contribution < 1.29 is 0 Å². The zero-order valence-electron chi connectivity index (χ0n) is 7.91. The van der Waals surface area contributed by atoms with Gasteiger partial charge in [0.05, 0.1) is 5.69 Å². The average Bonchev–Trinajstić information content (AvgIpc) is 2.30. The van der Waals surface area contributed by atoms with Crippen molar-refractivity contribution in [3.05, 3.63) is 11.9 Å². The molecule has 68 valence electrons. The molecule has 0 radical (unpaired) electrons. The van der Waals surface area contributed by atoms with Crippen LogP contribution in [0, 0.1) is 0 Å². The smallest absolute Gasteiger partial charge is 0.0827 e. The highest BCUT2D eigenvalue weighted by Gasteiger charge is 2.11. The predicted octanol–water partition coefficient (Wildman–Crippen LogP) is 0.485. The van der Waals surface area contributed by atoms with E-state index in [9.17, 15) is 0 Å². The summed E-state index contributed by atoms with van der Waals surface area (Å²) >= 11 is 0. The topological polar surface area (TPSA) is 56.7 Å². The third kappa shape index (κ3) is 3.00.